The van der Waals surface area contributed by atoms with Gasteiger partial charge in [0.2, 0.25) is 0 Å². The number of carbonyl (C=O) groups excluding carboxylic acids is 1. The van der Waals surface area contributed by atoms with Crippen LogP contribution < -0.4 is 15.7 Å². The standard InChI is InChI=1S/C27H28ClN5O4/c1-2-3-14-36-27(35)33-12-10-22-23-15-19(28)6-9-24(23)30-25(22)26(33)18-4-7-21(8-5-18)37-17-20(34)16-32-13-11-29-31-32/h4-9,11,13,15,20,26,29-31,34H,10,12,14,16-17H2,1H3. The van der Waals surface area contributed by atoms with Gasteiger partial charge in [-0.05, 0) is 54.8 Å². The molecule has 1 amide bonds. The van der Waals surface area contributed by atoms with Crippen molar-refractivity contribution in [1.82, 2.24) is 25.9 Å². The van der Waals surface area contributed by atoms with Gasteiger partial charge in [-0.25, -0.2) is 4.79 Å². The number of fused-ring (bicyclic) bond motifs is 3. The first kappa shape index (κ1) is 24.8. The van der Waals surface area contributed by atoms with Gasteiger partial charge in [0.25, 0.3) is 0 Å². The lowest BCUT2D eigenvalue weighted by Crippen LogP contribution is -2.41. The molecule has 4 N–H and O–H groups in total. The number of aliphatic hydroxyl groups is 1. The Kier molecular flexibility index (Phi) is 7.42. The predicted molar refractivity (Wildman–Crippen MR) is 140 cm³/mol. The molecule has 5 rings (SSSR count). The van der Waals surface area contributed by atoms with E-state index in [2.05, 4.69) is 27.8 Å². The number of carbonyl (C=O) groups is 1. The number of hydrazine groups is 2. The summed E-state index contributed by atoms with van der Waals surface area (Å²) in [6.45, 7) is 2.75. The molecular formula is C27H28ClN5O4. The van der Waals surface area contributed by atoms with E-state index in [9.17, 15) is 9.90 Å². The van der Waals surface area contributed by atoms with Crippen molar-refractivity contribution in [1.29, 1.82) is 0 Å². The first-order chi connectivity index (χ1) is 18.0. The monoisotopic (exact) mass is 521 g/mol. The maximum Gasteiger partial charge on any atom is 0.411 e. The summed E-state index contributed by atoms with van der Waals surface area (Å²) in [6.07, 6.45) is 3.10. The number of nitrogens with one attached hydrogen (secondary N) is 3. The molecule has 0 aliphatic carbocycles. The third-order valence-corrected chi connectivity index (χ3v) is 6.59. The minimum Gasteiger partial charge on any atom is -0.491 e. The fourth-order valence-corrected chi connectivity index (χ4v) is 4.84. The molecule has 37 heavy (non-hydrogen) atoms. The molecule has 2 aromatic carbocycles. The third-order valence-electron chi connectivity index (χ3n) is 6.36. The molecule has 2 unspecified atom stereocenters. The quantitative estimate of drug-likeness (QED) is 0.353. The lowest BCUT2D eigenvalue weighted by Gasteiger charge is -2.35. The number of benzene rings is 2. The first-order valence-corrected chi connectivity index (χ1v) is 12.4. The fraction of sp³-hybridized carbons (Fsp3) is 0.296. The Labute approximate surface area is 219 Å². The average molecular weight is 522 g/mol. The van der Waals surface area contributed by atoms with Gasteiger partial charge in [-0.15, -0.1) is 11.5 Å². The van der Waals surface area contributed by atoms with Gasteiger partial charge in [-0.3, -0.25) is 9.91 Å². The molecule has 192 valence electrons. The number of H-pyrrole nitrogens is 1. The molecule has 0 spiro atoms. The van der Waals surface area contributed by atoms with E-state index in [0.29, 0.717) is 30.3 Å². The van der Waals surface area contributed by atoms with Crippen LogP contribution in [0.1, 0.15) is 29.8 Å². The van der Waals surface area contributed by atoms with Gasteiger partial charge >= 0.3 is 6.09 Å². The summed E-state index contributed by atoms with van der Waals surface area (Å²) in [7, 11) is 0. The van der Waals surface area contributed by atoms with Crippen molar-refractivity contribution in [3.8, 4) is 17.6 Å². The number of aliphatic hydroxyl groups excluding tert-OH is 1. The normalized spacial score (nSPS) is 17.1. The SMILES string of the molecule is CC#CCOC(=O)N1CCc2c([nH]c3ccc(Cl)cc23)C1c1ccc(OCC(O)CN2C=CNN2)cc1. The van der Waals surface area contributed by atoms with Crippen molar-refractivity contribution in [2.45, 2.75) is 25.5 Å². The fourth-order valence-electron chi connectivity index (χ4n) is 4.67. The van der Waals surface area contributed by atoms with E-state index in [0.717, 1.165) is 27.7 Å². The summed E-state index contributed by atoms with van der Waals surface area (Å²) in [5, 5.41) is 13.7. The van der Waals surface area contributed by atoms with Gasteiger partial charge in [0, 0.05) is 40.6 Å². The van der Waals surface area contributed by atoms with E-state index in [1.807, 2.05) is 42.5 Å². The van der Waals surface area contributed by atoms with Crippen LogP contribution in [0.4, 0.5) is 4.79 Å². The highest BCUT2D eigenvalue weighted by atomic mass is 35.5. The van der Waals surface area contributed by atoms with Gasteiger partial charge in [0.15, 0.2) is 6.61 Å². The highest BCUT2D eigenvalue weighted by Crippen LogP contribution is 2.39. The molecule has 2 atom stereocenters. The molecule has 0 saturated heterocycles. The largest absolute Gasteiger partial charge is 0.491 e. The van der Waals surface area contributed by atoms with Crippen molar-refractivity contribution in [3.63, 3.8) is 0 Å². The Bertz CT molecular complexity index is 1360. The molecule has 0 radical (unpaired) electrons. The topological polar surface area (TPSA) is 102 Å². The maximum absolute atomic E-state index is 13.1. The number of halogens is 1. The number of ether oxygens (including phenoxy) is 2. The van der Waals surface area contributed by atoms with Crippen LogP contribution in [-0.4, -0.2) is 58.5 Å². The van der Waals surface area contributed by atoms with Crippen LogP contribution >= 0.6 is 11.6 Å². The zero-order valence-corrected chi connectivity index (χ0v) is 21.1. The summed E-state index contributed by atoms with van der Waals surface area (Å²) >= 11 is 6.28. The number of nitrogens with zero attached hydrogens (tertiary/aromatic N) is 2. The van der Waals surface area contributed by atoms with Gasteiger partial charge in [0.05, 0.1) is 6.54 Å². The number of aromatic nitrogens is 1. The number of rotatable bonds is 7. The molecule has 0 saturated carbocycles. The average Bonchev–Trinajstić information content (AvgIpc) is 3.55. The van der Waals surface area contributed by atoms with Crippen LogP contribution in [0.2, 0.25) is 5.02 Å². The number of β-amino-alcohol motifs (C(OH)–C–C–N with tert-alkyl or cyclic N) is 1. The van der Waals surface area contributed by atoms with E-state index in [1.54, 1.807) is 29.2 Å². The van der Waals surface area contributed by atoms with Crippen LogP contribution in [0.15, 0.2) is 54.9 Å². The van der Waals surface area contributed by atoms with E-state index in [4.69, 9.17) is 21.1 Å². The molecule has 2 aliphatic heterocycles. The molecule has 0 fully saturated rings. The summed E-state index contributed by atoms with van der Waals surface area (Å²) in [6, 6.07) is 12.9. The van der Waals surface area contributed by atoms with Crippen molar-refractivity contribution >= 4 is 28.6 Å². The number of amides is 1. The second kappa shape index (κ2) is 11.0. The first-order valence-electron chi connectivity index (χ1n) is 12.0. The molecule has 9 nitrogen and oxygen atoms in total. The maximum atomic E-state index is 13.1. The van der Waals surface area contributed by atoms with Crippen molar-refractivity contribution in [3.05, 3.63) is 76.7 Å². The van der Waals surface area contributed by atoms with Gasteiger partial charge in [-0.2, -0.15) is 0 Å². The smallest absolute Gasteiger partial charge is 0.411 e. The summed E-state index contributed by atoms with van der Waals surface area (Å²) < 4.78 is 11.2. The second-order valence-electron chi connectivity index (χ2n) is 8.79. The Balaban J connectivity index is 1.38. The van der Waals surface area contributed by atoms with Crippen LogP contribution in [0.3, 0.4) is 0 Å². The summed E-state index contributed by atoms with van der Waals surface area (Å²) in [5.74, 6) is 6.15. The summed E-state index contributed by atoms with van der Waals surface area (Å²) in [4.78, 5) is 18.3. The minimum atomic E-state index is -0.688. The van der Waals surface area contributed by atoms with Crippen LogP contribution in [0, 0.1) is 11.8 Å². The lowest BCUT2D eigenvalue weighted by atomic mass is 9.92. The molecule has 1 aromatic heterocycles. The van der Waals surface area contributed by atoms with Gasteiger partial charge in [0.1, 0.15) is 24.5 Å². The van der Waals surface area contributed by atoms with Crippen LogP contribution in [0.5, 0.6) is 5.75 Å². The van der Waals surface area contributed by atoms with E-state index in [-0.39, 0.29) is 19.3 Å². The Morgan fingerprint density at radius 3 is 2.86 bits per heavy atom. The van der Waals surface area contributed by atoms with Gasteiger partial charge in [-0.1, -0.05) is 29.7 Å². The van der Waals surface area contributed by atoms with Crippen molar-refractivity contribution in [2.75, 3.05) is 26.3 Å². The van der Waals surface area contributed by atoms with Gasteiger partial charge < -0.3 is 25.0 Å². The van der Waals surface area contributed by atoms with Crippen molar-refractivity contribution in [2.24, 2.45) is 0 Å². The Hall–Kier alpha value is -3.84. The van der Waals surface area contributed by atoms with E-state index in [1.165, 1.54) is 0 Å². The highest BCUT2D eigenvalue weighted by Gasteiger charge is 2.35. The molecule has 3 aromatic rings. The number of hydrogen-bond acceptors (Lipinski definition) is 7. The van der Waals surface area contributed by atoms with E-state index < -0.39 is 12.2 Å². The third kappa shape index (κ3) is 5.47. The lowest BCUT2D eigenvalue weighted by molar-refractivity contribution is 0.0687. The molecule has 0 bridgehead atoms. The molecule has 3 heterocycles. The van der Waals surface area contributed by atoms with Crippen molar-refractivity contribution < 1.29 is 19.4 Å². The van der Waals surface area contributed by atoms with Crippen LogP contribution in [-0.2, 0) is 11.2 Å². The zero-order valence-electron chi connectivity index (χ0n) is 20.3. The highest BCUT2D eigenvalue weighted by molar-refractivity contribution is 6.31. The Morgan fingerprint density at radius 2 is 2.11 bits per heavy atom. The Morgan fingerprint density at radius 1 is 1.27 bits per heavy atom. The zero-order chi connectivity index (χ0) is 25.8. The predicted octanol–water partition coefficient (Wildman–Crippen LogP) is 3.46. The second-order valence-corrected chi connectivity index (χ2v) is 9.23. The molecular weight excluding hydrogens is 494 g/mol. The van der Waals surface area contributed by atoms with E-state index >= 15 is 0 Å². The number of aromatic amines is 1. The van der Waals surface area contributed by atoms with Crippen LogP contribution in [0.25, 0.3) is 10.9 Å². The molecule has 2 aliphatic rings. The molecule has 10 heteroatoms. The summed E-state index contributed by atoms with van der Waals surface area (Å²) in [5.41, 5.74) is 9.65. The minimum absolute atomic E-state index is 0.0433. The number of hydrogen-bond donors (Lipinski definition) is 4.